The van der Waals surface area contributed by atoms with Gasteiger partial charge in [0.05, 0.1) is 12.0 Å². The Balaban J connectivity index is 2.18. The van der Waals surface area contributed by atoms with E-state index in [0.717, 1.165) is 20.0 Å². The Morgan fingerprint density at radius 2 is 1.91 bits per heavy atom. The summed E-state index contributed by atoms with van der Waals surface area (Å²) in [4.78, 5) is 12.5. The van der Waals surface area contributed by atoms with Crippen LogP contribution in [0.2, 0.25) is 0 Å². The summed E-state index contributed by atoms with van der Waals surface area (Å²) < 4.78 is 28.0. The molecule has 5 nitrogen and oxygen atoms in total. The summed E-state index contributed by atoms with van der Waals surface area (Å²) in [5, 5.41) is 3.18. The molecule has 22 heavy (non-hydrogen) atoms. The number of hydrogen-bond acceptors (Lipinski definition) is 4. The molecule has 0 saturated heterocycles. The van der Waals surface area contributed by atoms with Gasteiger partial charge in [-0.1, -0.05) is 39.8 Å². The van der Waals surface area contributed by atoms with E-state index in [0.29, 0.717) is 6.42 Å². The van der Waals surface area contributed by atoms with Gasteiger partial charge in [-0.15, -0.1) is 0 Å². The van der Waals surface area contributed by atoms with Crippen molar-refractivity contribution in [3.63, 3.8) is 0 Å². The molecule has 1 N–H and O–H groups in total. The molecule has 1 fully saturated rings. The maximum Gasteiger partial charge on any atom is 0.296 e. The van der Waals surface area contributed by atoms with Crippen molar-refractivity contribution in [2.24, 2.45) is 10.8 Å². The highest BCUT2D eigenvalue weighted by molar-refractivity contribution is 7.90. The third-order valence-electron chi connectivity index (χ3n) is 4.73. The Morgan fingerprint density at radius 1 is 1.32 bits per heavy atom. The highest BCUT2D eigenvalue weighted by atomic mass is 32.2. The zero-order valence-electron chi connectivity index (χ0n) is 13.9. The van der Waals surface area contributed by atoms with Gasteiger partial charge in [-0.05, 0) is 25.3 Å². The summed E-state index contributed by atoms with van der Waals surface area (Å²) in [7, 11) is -2.50. The van der Waals surface area contributed by atoms with Gasteiger partial charge in [0.1, 0.15) is 0 Å². The van der Waals surface area contributed by atoms with E-state index in [2.05, 4.69) is 16.4 Å². The van der Waals surface area contributed by atoms with Crippen molar-refractivity contribution in [2.75, 3.05) is 7.11 Å². The van der Waals surface area contributed by atoms with Gasteiger partial charge in [-0.3, -0.25) is 8.98 Å². The standard InChI is InChI=1S/C16H25NO4S/c1-14(2,3)13(18)17-16(10-11-16)15(4)8-6-12(7-9-15)22(19,20)21-5/h6-8H,9-11H2,1-5H3,(H,17,18). The topological polar surface area (TPSA) is 72.5 Å². The molecule has 0 bridgehead atoms. The van der Waals surface area contributed by atoms with Crippen molar-refractivity contribution in [2.45, 2.75) is 52.5 Å². The zero-order chi connectivity index (χ0) is 16.8. The SMILES string of the molecule is COS(=O)(=O)C1=CCC(C)(C2(NC(=O)C(C)(C)C)CC2)C=C1. The molecule has 0 radical (unpaired) electrons. The van der Waals surface area contributed by atoms with E-state index in [1.54, 1.807) is 12.2 Å². The van der Waals surface area contributed by atoms with E-state index in [-0.39, 0.29) is 21.8 Å². The maximum atomic E-state index is 12.3. The molecule has 2 rings (SSSR count). The Labute approximate surface area is 132 Å². The first-order valence-electron chi connectivity index (χ1n) is 7.48. The molecular weight excluding hydrogens is 302 g/mol. The summed E-state index contributed by atoms with van der Waals surface area (Å²) in [6.45, 7) is 7.73. The maximum absolute atomic E-state index is 12.3. The van der Waals surface area contributed by atoms with E-state index in [9.17, 15) is 13.2 Å². The van der Waals surface area contributed by atoms with E-state index in [1.807, 2.05) is 26.8 Å². The summed E-state index contributed by atoms with van der Waals surface area (Å²) >= 11 is 0. The van der Waals surface area contributed by atoms with Crippen LogP contribution in [0.15, 0.2) is 23.1 Å². The molecule has 1 amide bonds. The van der Waals surface area contributed by atoms with E-state index >= 15 is 0 Å². The summed E-state index contributed by atoms with van der Waals surface area (Å²) in [5.41, 5.74) is -0.988. The number of carbonyl (C=O) groups excluding carboxylic acids is 1. The lowest BCUT2D eigenvalue weighted by Gasteiger charge is -2.39. The lowest BCUT2D eigenvalue weighted by atomic mass is 9.74. The molecule has 1 saturated carbocycles. The number of nitrogens with one attached hydrogen (secondary N) is 1. The molecule has 2 aliphatic rings. The van der Waals surface area contributed by atoms with Gasteiger partial charge in [-0.25, -0.2) is 0 Å². The first kappa shape index (κ1) is 17.2. The van der Waals surface area contributed by atoms with Crippen LogP contribution >= 0.6 is 0 Å². The minimum atomic E-state index is -3.66. The first-order valence-corrected chi connectivity index (χ1v) is 8.89. The number of hydrogen-bond donors (Lipinski definition) is 1. The molecule has 0 spiro atoms. The fraction of sp³-hybridized carbons (Fsp3) is 0.688. The van der Waals surface area contributed by atoms with Crippen molar-refractivity contribution in [1.29, 1.82) is 0 Å². The van der Waals surface area contributed by atoms with Gasteiger partial charge in [-0.2, -0.15) is 8.42 Å². The second-order valence-corrected chi connectivity index (χ2v) is 9.18. The lowest BCUT2D eigenvalue weighted by Crippen LogP contribution is -2.51. The van der Waals surface area contributed by atoms with E-state index in [1.165, 1.54) is 0 Å². The number of rotatable bonds is 4. The van der Waals surface area contributed by atoms with E-state index in [4.69, 9.17) is 0 Å². The molecule has 0 aromatic heterocycles. The van der Waals surface area contributed by atoms with Crippen molar-refractivity contribution >= 4 is 16.0 Å². The lowest BCUT2D eigenvalue weighted by molar-refractivity contribution is -0.130. The predicted molar refractivity (Wildman–Crippen MR) is 85.4 cm³/mol. The molecule has 2 aliphatic carbocycles. The zero-order valence-corrected chi connectivity index (χ0v) is 14.7. The van der Waals surface area contributed by atoms with Gasteiger partial charge in [0.25, 0.3) is 10.1 Å². The van der Waals surface area contributed by atoms with Gasteiger partial charge in [0, 0.05) is 16.4 Å². The van der Waals surface area contributed by atoms with Crippen LogP contribution in [0.1, 0.15) is 47.0 Å². The highest BCUT2D eigenvalue weighted by Crippen LogP contribution is 2.54. The Bertz CT molecular complexity index is 636. The fourth-order valence-electron chi connectivity index (χ4n) is 2.72. The average Bonchev–Trinajstić information content (AvgIpc) is 3.19. The van der Waals surface area contributed by atoms with Crippen LogP contribution in [0.3, 0.4) is 0 Å². The third kappa shape index (κ3) is 2.99. The van der Waals surface area contributed by atoms with Gasteiger partial charge in [0.2, 0.25) is 5.91 Å². The normalized spacial score (nSPS) is 27.2. The molecule has 0 heterocycles. The third-order valence-corrected chi connectivity index (χ3v) is 6.05. The van der Waals surface area contributed by atoms with Crippen LogP contribution < -0.4 is 5.32 Å². The number of carbonyl (C=O) groups is 1. The summed E-state index contributed by atoms with van der Waals surface area (Å²) in [5.74, 6) is 0.0268. The van der Waals surface area contributed by atoms with Crippen molar-refractivity contribution in [3.05, 3.63) is 23.1 Å². The molecule has 0 aliphatic heterocycles. The van der Waals surface area contributed by atoms with Crippen molar-refractivity contribution in [3.8, 4) is 0 Å². The van der Waals surface area contributed by atoms with E-state index < -0.39 is 15.5 Å². The summed E-state index contributed by atoms with van der Waals surface area (Å²) in [6, 6.07) is 0. The van der Waals surface area contributed by atoms with Gasteiger partial charge in [0.15, 0.2) is 0 Å². The van der Waals surface area contributed by atoms with Gasteiger partial charge < -0.3 is 5.32 Å². The Hall–Kier alpha value is -1.14. The molecule has 0 aromatic carbocycles. The second-order valence-electron chi connectivity index (χ2n) is 7.47. The molecule has 1 atom stereocenters. The first-order chi connectivity index (χ1) is 9.96. The highest BCUT2D eigenvalue weighted by Gasteiger charge is 2.57. The quantitative estimate of drug-likeness (QED) is 0.805. The summed E-state index contributed by atoms with van der Waals surface area (Å²) in [6.07, 6.45) is 7.56. The van der Waals surface area contributed by atoms with Crippen molar-refractivity contribution < 1.29 is 17.4 Å². The van der Waals surface area contributed by atoms with Crippen molar-refractivity contribution in [1.82, 2.24) is 5.32 Å². The fourth-order valence-corrected chi connectivity index (χ4v) is 3.43. The molecule has 1 unspecified atom stereocenters. The second kappa shape index (κ2) is 5.20. The number of allylic oxidation sites excluding steroid dienone is 2. The van der Waals surface area contributed by atoms with Gasteiger partial charge >= 0.3 is 0 Å². The van der Waals surface area contributed by atoms with Crippen LogP contribution in [0.5, 0.6) is 0 Å². The minimum absolute atomic E-state index is 0.0268. The Kier molecular flexibility index (Phi) is 4.07. The van der Waals surface area contributed by atoms with Crippen LogP contribution in [-0.2, 0) is 19.1 Å². The monoisotopic (exact) mass is 327 g/mol. The molecule has 124 valence electrons. The van der Waals surface area contributed by atoms with Crippen LogP contribution in [0, 0.1) is 10.8 Å². The van der Waals surface area contributed by atoms with Crippen LogP contribution in [0.25, 0.3) is 0 Å². The average molecular weight is 327 g/mol. The smallest absolute Gasteiger partial charge is 0.296 e. The number of amides is 1. The van der Waals surface area contributed by atoms with Crippen LogP contribution in [0.4, 0.5) is 0 Å². The molecule has 6 heteroatoms. The Morgan fingerprint density at radius 3 is 2.27 bits per heavy atom. The molecular formula is C16H25NO4S. The molecule has 0 aromatic rings. The van der Waals surface area contributed by atoms with Crippen LogP contribution in [-0.4, -0.2) is 27.0 Å². The predicted octanol–water partition coefficient (Wildman–Crippen LogP) is 2.51. The largest absolute Gasteiger partial charge is 0.349 e. The minimum Gasteiger partial charge on any atom is -0.349 e.